The molecular weight excluding hydrogens is 368 g/mol. The molecule has 0 aromatic heterocycles. The molecule has 2 rings (SSSR count). The summed E-state index contributed by atoms with van der Waals surface area (Å²) in [5.41, 5.74) is 5.04. The molecule has 0 spiro atoms. The van der Waals surface area contributed by atoms with E-state index < -0.39 is 10.0 Å². The van der Waals surface area contributed by atoms with Gasteiger partial charge >= 0.3 is 0 Å². The van der Waals surface area contributed by atoms with E-state index >= 15 is 0 Å². The smallest absolute Gasteiger partial charge is 0.257 e. The van der Waals surface area contributed by atoms with Crippen molar-refractivity contribution in [2.75, 3.05) is 21.3 Å². The van der Waals surface area contributed by atoms with Crippen LogP contribution in [0.3, 0.4) is 0 Å². The summed E-state index contributed by atoms with van der Waals surface area (Å²) in [5, 5.41) is 0. The number of methoxy groups -OCH3 is 3. The van der Waals surface area contributed by atoms with Crippen LogP contribution >= 0.6 is 0 Å². The van der Waals surface area contributed by atoms with Crippen molar-refractivity contribution in [3.63, 3.8) is 0 Å². The van der Waals surface area contributed by atoms with Crippen molar-refractivity contribution >= 4 is 15.7 Å². The lowest BCUT2D eigenvalue weighted by Crippen LogP contribution is -2.36. The van der Waals surface area contributed by atoms with Gasteiger partial charge in [0.2, 0.25) is 5.75 Å². The standard InChI is InChI=1S/C19H24N2O5S/c1-12-7-8-13(2)18(9-12)27(22,23)21-20-14(3)15-10-16(24-4)19(26-6)17(11-15)25-5/h7-11,20-21H,3H2,1-2,4-6H3. The second kappa shape index (κ2) is 8.32. The zero-order chi connectivity index (χ0) is 20.2. The van der Waals surface area contributed by atoms with Crippen LogP contribution < -0.4 is 24.5 Å². The number of hydrazine groups is 1. The Labute approximate surface area is 160 Å². The van der Waals surface area contributed by atoms with E-state index in [1.165, 1.54) is 21.3 Å². The number of benzene rings is 2. The predicted molar refractivity (Wildman–Crippen MR) is 105 cm³/mol. The predicted octanol–water partition coefficient (Wildman–Crippen LogP) is 2.78. The largest absolute Gasteiger partial charge is 0.493 e. The highest BCUT2D eigenvalue weighted by Gasteiger charge is 2.18. The van der Waals surface area contributed by atoms with Crippen LogP contribution in [0.2, 0.25) is 0 Å². The Hall–Kier alpha value is -2.71. The normalized spacial score (nSPS) is 11.0. The van der Waals surface area contributed by atoms with Crippen molar-refractivity contribution < 1.29 is 22.6 Å². The molecule has 27 heavy (non-hydrogen) atoms. The molecule has 2 aromatic rings. The second-order valence-corrected chi connectivity index (χ2v) is 7.54. The van der Waals surface area contributed by atoms with E-state index in [1.807, 2.05) is 13.0 Å². The Morgan fingerprint density at radius 2 is 1.56 bits per heavy atom. The summed E-state index contributed by atoms with van der Waals surface area (Å²) >= 11 is 0. The summed E-state index contributed by atoms with van der Waals surface area (Å²) in [4.78, 5) is 2.56. The minimum absolute atomic E-state index is 0.202. The lowest BCUT2D eigenvalue weighted by atomic mass is 10.1. The molecule has 2 N–H and O–H groups in total. The maximum atomic E-state index is 12.6. The van der Waals surface area contributed by atoms with Crippen molar-refractivity contribution in [1.29, 1.82) is 0 Å². The van der Waals surface area contributed by atoms with Crippen LogP contribution in [0.4, 0.5) is 0 Å². The van der Waals surface area contributed by atoms with Crippen LogP contribution in [0.15, 0.2) is 41.8 Å². The molecule has 0 saturated carbocycles. The first-order valence-corrected chi connectivity index (χ1v) is 9.56. The summed E-state index contributed by atoms with van der Waals surface area (Å²) < 4.78 is 41.1. The van der Waals surface area contributed by atoms with Crippen molar-refractivity contribution in [2.24, 2.45) is 0 Å². The molecule has 0 amide bonds. The number of nitrogens with one attached hydrogen (secondary N) is 2. The van der Waals surface area contributed by atoms with Gasteiger partial charge in [0.25, 0.3) is 10.0 Å². The number of hydrogen-bond acceptors (Lipinski definition) is 6. The molecule has 0 saturated heterocycles. The molecule has 7 nitrogen and oxygen atoms in total. The van der Waals surface area contributed by atoms with Gasteiger partial charge in [0.05, 0.1) is 31.9 Å². The summed E-state index contributed by atoms with van der Waals surface area (Å²) in [6, 6.07) is 8.57. The maximum absolute atomic E-state index is 12.6. The summed E-state index contributed by atoms with van der Waals surface area (Å²) in [6.07, 6.45) is 0. The fourth-order valence-corrected chi connectivity index (χ4v) is 3.71. The van der Waals surface area contributed by atoms with Crippen molar-refractivity contribution in [3.8, 4) is 17.2 Å². The van der Waals surface area contributed by atoms with Gasteiger partial charge in [0.1, 0.15) is 0 Å². The van der Waals surface area contributed by atoms with Crippen LogP contribution in [0.5, 0.6) is 17.2 Å². The Morgan fingerprint density at radius 1 is 0.963 bits per heavy atom. The Morgan fingerprint density at radius 3 is 2.07 bits per heavy atom. The molecule has 8 heteroatoms. The van der Waals surface area contributed by atoms with E-state index in [4.69, 9.17) is 14.2 Å². The second-order valence-electron chi connectivity index (χ2n) is 5.89. The molecule has 0 atom stereocenters. The van der Waals surface area contributed by atoms with Gasteiger partial charge < -0.3 is 19.6 Å². The summed E-state index contributed by atoms with van der Waals surface area (Å²) in [7, 11) is 0.737. The zero-order valence-corrected chi connectivity index (χ0v) is 16.9. The van der Waals surface area contributed by atoms with Gasteiger partial charge in [-0.05, 0) is 43.2 Å². The van der Waals surface area contributed by atoms with E-state index in [9.17, 15) is 8.42 Å². The number of hydrogen-bond donors (Lipinski definition) is 2. The third-order valence-corrected chi connectivity index (χ3v) is 5.37. The van der Waals surface area contributed by atoms with Gasteiger partial charge in [-0.1, -0.05) is 18.7 Å². The topological polar surface area (TPSA) is 85.9 Å². The maximum Gasteiger partial charge on any atom is 0.257 e. The number of sulfonamides is 1. The molecule has 0 bridgehead atoms. The fraction of sp³-hybridized carbons (Fsp3) is 0.263. The molecular formula is C19H24N2O5S. The molecule has 0 aliphatic rings. The molecule has 0 fully saturated rings. The highest BCUT2D eigenvalue weighted by atomic mass is 32.2. The third kappa shape index (κ3) is 4.53. The lowest BCUT2D eigenvalue weighted by Gasteiger charge is -2.17. The van der Waals surface area contributed by atoms with Crippen LogP contribution in [-0.2, 0) is 10.0 Å². The molecule has 0 unspecified atom stereocenters. The van der Waals surface area contributed by atoms with Crippen LogP contribution in [-0.4, -0.2) is 29.7 Å². The average Bonchev–Trinajstić information content (AvgIpc) is 2.66. The fourth-order valence-electron chi connectivity index (χ4n) is 2.51. The molecule has 2 aromatic carbocycles. The molecule has 0 aliphatic carbocycles. The third-order valence-electron chi connectivity index (χ3n) is 3.98. The van der Waals surface area contributed by atoms with Gasteiger partial charge in [-0.3, -0.25) is 0 Å². The number of aryl methyl sites for hydroxylation is 2. The highest BCUT2D eigenvalue weighted by Crippen LogP contribution is 2.39. The first-order valence-electron chi connectivity index (χ1n) is 8.07. The SMILES string of the molecule is C=C(NNS(=O)(=O)c1cc(C)ccc1C)c1cc(OC)c(OC)c(OC)c1. The van der Waals surface area contributed by atoms with Gasteiger partial charge in [0, 0.05) is 5.56 Å². The molecule has 146 valence electrons. The van der Waals surface area contributed by atoms with Crippen LogP contribution in [0.25, 0.3) is 5.70 Å². The minimum atomic E-state index is -3.77. The lowest BCUT2D eigenvalue weighted by molar-refractivity contribution is 0.324. The highest BCUT2D eigenvalue weighted by molar-refractivity contribution is 7.89. The van der Waals surface area contributed by atoms with Gasteiger partial charge in [0.15, 0.2) is 11.5 Å². The van der Waals surface area contributed by atoms with E-state index in [0.717, 1.165) is 5.56 Å². The number of ether oxygens (including phenoxy) is 3. The summed E-state index contributed by atoms with van der Waals surface area (Å²) in [5.74, 6) is 1.31. The van der Waals surface area contributed by atoms with Crippen molar-refractivity contribution in [1.82, 2.24) is 10.3 Å². The monoisotopic (exact) mass is 392 g/mol. The summed E-state index contributed by atoms with van der Waals surface area (Å²) in [6.45, 7) is 7.45. The zero-order valence-electron chi connectivity index (χ0n) is 16.0. The average molecular weight is 392 g/mol. The number of rotatable bonds is 8. The first-order chi connectivity index (χ1) is 12.7. The first kappa shape index (κ1) is 20.6. The molecule has 0 radical (unpaired) electrons. The van der Waals surface area contributed by atoms with Crippen molar-refractivity contribution in [3.05, 3.63) is 53.6 Å². The van der Waals surface area contributed by atoms with E-state index in [1.54, 1.807) is 31.2 Å². The van der Waals surface area contributed by atoms with Crippen LogP contribution in [0, 0.1) is 13.8 Å². The van der Waals surface area contributed by atoms with Gasteiger partial charge in [-0.25, -0.2) is 8.42 Å². The van der Waals surface area contributed by atoms with E-state index in [0.29, 0.717) is 34.1 Å². The van der Waals surface area contributed by atoms with Crippen LogP contribution in [0.1, 0.15) is 16.7 Å². The van der Waals surface area contributed by atoms with Gasteiger partial charge in [-0.15, -0.1) is 4.83 Å². The Balaban J connectivity index is 2.26. The Bertz CT molecular complexity index is 930. The van der Waals surface area contributed by atoms with Gasteiger partial charge in [-0.2, -0.15) is 0 Å². The minimum Gasteiger partial charge on any atom is -0.493 e. The molecule has 0 aliphatic heterocycles. The molecule has 0 heterocycles. The van der Waals surface area contributed by atoms with E-state index in [-0.39, 0.29) is 4.90 Å². The van der Waals surface area contributed by atoms with Crippen molar-refractivity contribution in [2.45, 2.75) is 18.7 Å². The quantitative estimate of drug-likeness (QED) is 0.672. The Kier molecular flexibility index (Phi) is 6.35. The van der Waals surface area contributed by atoms with E-state index in [2.05, 4.69) is 16.8 Å².